The van der Waals surface area contributed by atoms with Crippen molar-refractivity contribution in [1.82, 2.24) is 24.4 Å². The fourth-order valence-electron chi connectivity index (χ4n) is 4.76. The van der Waals surface area contributed by atoms with Crippen LogP contribution in [0.1, 0.15) is 41.4 Å². The zero-order chi connectivity index (χ0) is 21.4. The van der Waals surface area contributed by atoms with Crippen molar-refractivity contribution in [3.63, 3.8) is 0 Å². The molecular weight excluding hydrogens is 420 g/mol. The number of carbonyl (C=O) groups is 2. The molecule has 3 aliphatic heterocycles. The van der Waals surface area contributed by atoms with Gasteiger partial charge in [0.1, 0.15) is 0 Å². The van der Waals surface area contributed by atoms with E-state index >= 15 is 0 Å². The molecule has 2 fully saturated rings. The van der Waals surface area contributed by atoms with Gasteiger partial charge in [0, 0.05) is 62.0 Å². The van der Waals surface area contributed by atoms with Gasteiger partial charge in [-0.3, -0.25) is 14.9 Å². The number of nitrogens with zero attached hydrogens (tertiary/aromatic N) is 4. The Hall–Kier alpha value is -2.79. The van der Waals surface area contributed by atoms with Crippen molar-refractivity contribution in [3.05, 3.63) is 39.9 Å². The number of anilines is 1. The second-order valence-electron chi connectivity index (χ2n) is 8.33. The van der Waals surface area contributed by atoms with E-state index < -0.39 is 0 Å². The van der Waals surface area contributed by atoms with E-state index in [-0.39, 0.29) is 41.1 Å². The van der Waals surface area contributed by atoms with E-state index in [1.165, 1.54) is 0 Å². The fraction of sp³-hybridized carbons (Fsp3) is 0.550. The number of piperidine rings is 1. The van der Waals surface area contributed by atoms with Crippen LogP contribution in [-0.4, -0.2) is 63.3 Å². The summed E-state index contributed by atoms with van der Waals surface area (Å²) >= 11 is 0.983. The molecule has 10 nitrogen and oxygen atoms in total. The third kappa shape index (κ3) is 4.07. The molecule has 2 aromatic heterocycles. The average Bonchev–Trinajstić information content (AvgIpc) is 3.45. The molecule has 3 aliphatic rings. The van der Waals surface area contributed by atoms with E-state index in [0.29, 0.717) is 31.2 Å². The van der Waals surface area contributed by atoms with Crippen molar-refractivity contribution in [2.45, 2.75) is 37.8 Å². The van der Waals surface area contributed by atoms with Gasteiger partial charge < -0.3 is 19.5 Å². The quantitative estimate of drug-likeness (QED) is 0.733. The number of amides is 3. The molecule has 0 radical (unpaired) electrons. The van der Waals surface area contributed by atoms with Crippen molar-refractivity contribution in [3.8, 4) is 0 Å². The van der Waals surface area contributed by atoms with Crippen molar-refractivity contribution in [2.75, 3.05) is 31.6 Å². The molecular formula is C20H24N6O4S. The van der Waals surface area contributed by atoms with E-state index in [1.54, 1.807) is 17.0 Å². The Bertz CT molecular complexity index is 1050. The van der Waals surface area contributed by atoms with E-state index in [0.717, 1.165) is 43.1 Å². The van der Waals surface area contributed by atoms with Crippen LogP contribution in [0, 0.1) is 5.92 Å². The second kappa shape index (κ2) is 8.39. The summed E-state index contributed by atoms with van der Waals surface area (Å²) in [5.41, 5.74) is 1.11. The predicted molar refractivity (Wildman–Crippen MR) is 113 cm³/mol. The molecule has 3 atom stereocenters. The molecule has 31 heavy (non-hydrogen) atoms. The highest BCUT2D eigenvalue weighted by molar-refractivity contribution is 7.10. The molecule has 11 heteroatoms. The third-order valence-corrected chi connectivity index (χ3v) is 6.85. The van der Waals surface area contributed by atoms with Crippen LogP contribution in [0.25, 0.3) is 0 Å². The lowest BCUT2D eigenvalue weighted by molar-refractivity contribution is 0.0854. The van der Waals surface area contributed by atoms with Crippen LogP contribution in [-0.2, 0) is 11.3 Å². The van der Waals surface area contributed by atoms with E-state index in [2.05, 4.69) is 20.2 Å². The first-order valence-corrected chi connectivity index (χ1v) is 11.3. The minimum atomic E-state index is -0.372. The van der Waals surface area contributed by atoms with Crippen molar-refractivity contribution >= 4 is 28.5 Å². The molecule has 0 aliphatic carbocycles. The maximum atomic E-state index is 13.0. The highest BCUT2D eigenvalue weighted by atomic mass is 32.1. The van der Waals surface area contributed by atoms with E-state index in [9.17, 15) is 14.4 Å². The number of aromatic nitrogens is 3. The smallest absolute Gasteiger partial charge is 0.322 e. The molecule has 2 aromatic rings. The van der Waals surface area contributed by atoms with Gasteiger partial charge in [0.05, 0.1) is 6.10 Å². The summed E-state index contributed by atoms with van der Waals surface area (Å²) in [6.07, 6.45) is 2.91. The van der Waals surface area contributed by atoms with Gasteiger partial charge in [-0.1, -0.05) is 10.6 Å². The summed E-state index contributed by atoms with van der Waals surface area (Å²) in [7, 11) is 0. The van der Waals surface area contributed by atoms with Crippen molar-refractivity contribution < 1.29 is 14.3 Å². The Balaban J connectivity index is 1.24. The Labute approximate surface area is 182 Å². The summed E-state index contributed by atoms with van der Waals surface area (Å²) < 4.78 is 11.2. The van der Waals surface area contributed by atoms with Gasteiger partial charge in [0.15, 0.2) is 10.7 Å². The lowest BCUT2D eigenvalue weighted by atomic mass is 9.83. The second-order valence-corrected chi connectivity index (χ2v) is 9.08. The van der Waals surface area contributed by atoms with Gasteiger partial charge in [-0.15, -0.1) is 5.10 Å². The number of urea groups is 1. The number of fused-ring (bicyclic) bond motifs is 4. The van der Waals surface area contributed by atoms with Crippen molar-refractivity contribution in [2.24, 2.45) is 5.92 Å². The third-order valence-electron chi connectivity index (χ3n) is 6.20. The van der Waals surface area contributed by atoms with Gasteiger partial charge in [-0.2, -0.15) is 0 Å². The summed E-state index contributed by atoms with van der Waals surface area (Å²) in [6.45, 7) is 2.85. The van der Waals surface area contributed by atoms with Crippen LogP contribution in [0.15, 0.2) is 23.0 Å². The average molecular weight is 445 g/mol. The molecule has 0 unspecified atom stereocenters. The molecule has 0 aromatic carbocycles. The van der Waals surface area contributed by atoms with Gasteiger partial charge in [-0.25, -0.2) is 4.79 Å². The number of hydrogen-bond donors (Lipinski definition) is 2. The Kier molecular flexibility index (Phi) is 5.45. The van der Waals surface area contributed by atoms with Gasteiger partial charge >= 0.3 is 6.03 Å². The highest BCUT2D eigenvalue weighted by Crippen LogP contribution is 2.35. The lowest BCUT2D eigenvalue weighted by Crippen LogP contribution is -2.50. The molecule has 0 saturated carbocycles. The van der Waals surface area contributed by atoms with Crippen LogP contribution < -0.4 is 16.2 Å². The molecule has 2 saturated heterocycles. The number of pyridine rings is 1. The molecule has 164 valence electrons. The van der Waals surface area contributed by atoms with Crippen LogP contribution in [0.4, 0.5) is 9.80 Å². The number of rotatable bonds is 4. The molecule has 2 bridgehead atoms. The SMILES string of the molecule is O=C(NC[C@@H]1CCCO1)c1nnsc1NC(=O)N1C[C@@H]2C[C@@H](C1)c1cccc(=O)n1C2. The summed E-state index contributed by atoms with van der Waals surface area (Å²) in [6, 6.07) is 5.04. The zero-order valence-corrected chi connectivity index (χ0v) is 17.8. The van der Waals surface area contributed by atoms with E-state index in [1.807, 2.05) is 10.6 Å². The molecule has 2 N–H and O–H groups in total. The molecule has 0 spiro atoms. The number of likely N-dealkylation sites (tertiary alicyclic amines) is 1. The maximum Gasteiger partial charge on any atom is 0.322 e. The maximum absolute atomic E-state index is 13.0. The van der Waals surface area contributed by atoms with Crippen LogP contribution in [0.5, 0.6) is 0 Å². The summed E-state index contributed by atoms with van der Waals surface area (Å²) in [4.78, 5) is 39.4. The van der Waals surface area contributed by atoms with Gasteiger partial charge in [0.25, 0.3) is 11.5 Å². The Morgan fingerprint density at radius 2 is 2.16 bits per heavy atom. The normalized spacial score (nSPS) is 24.5. The van der Waals surface area contributed by atoms with Crippen molar-refractivity contribution in [1.29, 1.82) is 0 Å². The van der Waals surface area contributed by atoms with Crippen LogP contribution in [0.2, 0.25) is 0 Å². The number of nitrogens with one attached hydrogen (secondary N) is 2. The summed E-state index contributed by atoms with van der Waals surface area (Å²) in [5, 5.41) is 9.86. The monoisotopic (exact) mass is 444 g/mol. The first kappa shape index (κ1) is 20.1. The topological polar surface area (TPSA) is 118 Å². The number of ether oxygens (including phenoxy) is 1. The largest absolute Gasteiger partial charge is 0.376 e. The van der Waals surface area contributed by atoms with E-state index in [4.69, 9.17) is 4.74 Å². The van der Waals surface area contributed by atoms with Gasteiger partial charge in [-0.05, 0) is 31.2 Å². The molecule has 5 heterocycles. The first-order chi connectivity index (χ1) is 15.1. The lowest BCUT2D eigenvalue weighted by Gasteiger charge is -2.42. The Morgan fingerprint density at radius 3 is 3.00 bits per heavy atom. The van der Waals surface area contributed by atoms with Crippen LogP contribution in [0.3, 0.4) is 0 Å². The van der Waals surface area contributed by atoms with Gasteiger partial charge in [0.2, 0.25) is 0 Å². The molecule has 5 rings (SSSR count). The Morgan fingerprint density at radius 1 is 1.26 bits per heavy atom. The molecule has 3 amide bonds. The number of carbonyl (C=O) groups excluding carboxylic acids is 2. The minimum Gasteiger partial charge on any atom is -0.376 e. The summed E-state index contributed by atoms with van der Waals surface area (Å²) in [5.74, 6) is -0.0184. The standard InChI is InChI=1S/C20H24N6O4S/c27-16-5-1-4-15-13-7-12(10-26(15)16)9-25(11-13)20(29)22-19-17(23-24-31-19)18(28)21-8-14-3-2-6-30-14/h1,4-5,12-14H,2-3,6-11H2,(H,21,28)(H,22,29)/t12-,13-,14-/m0/s1. The van der Waals surface area contributed by atoms with Crippen LogP contribution >= 0.6 is 11.5 Å². The minimum absolute atomic E-state index is 0.0134. The predicted octanol–water partition coefficient (Wildman–Crippen LogP) is 1.26. The first-order valence-electron chi connectivity index (χ1n) is 10.6. The highest BCUT2D eigenvalue weighted by Gasteiger charge is 2.36. The number of hydrogen-bond acceptors (Lipinski definition) is 7. The fourth-order valence-corrected chi connectivity index (χ4v) is 5.31. The zero-order valence-electron chi connectivity index (χ0n) is 17.0.